The van der Waals surface area contributed by atoms with Crippen LogP contribution in [0.4, 0.5) is 0 Å². The molecule has 0 N–H and O–H groups in total. The maximum absolute atomic E-state index is 2.48. The maximum Gasteiger partial charge on any atom is -0.0111 e. The van der Waals surface area contributed by atoms with Crippen LogP contribution in [0.1, 0.15) is 113 Å². The molecule has 0 heterocycles. The Morgan fingerprint density at radius 1 is 0.708 bits per heavy atom. The molecule has 0 radical (unpaired) electrons. The SMILES string of the molecule is C.CC(C)CC(c1cc(C(C)(C)C)cc(C(C)(C)C)c1)C(C)(C)C. The fourth-order valence-electron chi connectivity index (χ4n) is 3.18. The molecule has 0 heteroatoms. The number of benzene rings is 1. The first kappa shape index (κ1) is 23.2. The van der Waals surface area contributed by atoms with E-state index in [2.05, 4.69) is 94.4 Å². The van der Waals surface area contributed by atoms with Gasteiger partial charge in [0.05, 0.1) is 0 Å². The third kappa shape index (κ3) is 6.26. The van der Waals surface area contributed by atoms with Gasteiger partial charge in [0, 0.05) is 0 Å². The van der Waals surface area contributed by atoms with Gasteiger partial charge in [-0.1, -0.05) is 102 Å². The van der Waals surface area contributed by atoms with Crippen LogP contribution >= 0.6 is 0 Å². The molecular formula is C24H44. The topological polar surface area (TPSA) is 0 Å². The first-order valence-electron chi connectivity index (χ1n) is 9.28. The normalized spacial score (nSPS) is 14.5. The third-order valence-corrected chi connectivity index (χ3v) is 4.84. The van der Waals surface area contributed by atoms with Crippen molar-refractivity contribution in [3.8, 4) is 0 Å². The van der Waals surface area contributed by atoms with E-state index in [4.69, 9.17) is 0 Å². The Bertz CT molecular complexity index is 480. The summed E-state index contributed by atoms with van der Waals surface area (Å²) in [7, 11) is 0. The zero-order chi connectivity index (χ0) is 18.2. The van der Waals surface area contributed by atoms with Crippen molar-refractivity contribution in [1.82, 2.24) is 0 Å². The van der Waals surface area contributed by atoms with Gasteiger partial charge in [-0.15, -0.1) is 0 Å². The molecule has 0 aliphatic rings. The molecule has 0 spiro atoms. The van der Waals surface area contributed by atoms with Crippen LogP contribution in [-0.2, 0) is 10.8 Å². The number of rotatable bonds is 3. The van der Waals surface area contributed by atoms with Gasteiger partial charge >= 0.3 is 0 Å². The highest BCUT2D eigenvalue weighted by Crippen LogP contribution is 2.42. The molecule has 0 bridgehead atoms. The van der Waals surface area contributed by atoms with E-state index in [-0.39, 0.29) is 23.7 Å². The summed E-state index contributed by atoms with van der Waals surface area (Å²) >= 11 is 0. The highest BCUT2D eigenvalue weighted by Gasteiger charge is 2.29. The van der Waals surface area contributed by atoms with Crippen molar-refractivity contribution in [2.45, 2.75) is 107 Å². The Morgan fingerprint density at radius 3 is 1.33 bits per heavy atom. The van der Waals surface area contributed by atoms with E-state index >= 15 is 0 Å². The molecule has 0 aliphatic carbocycles. The van der Waals surface area contributed by atoms with E-state index in [1.54, 1.807) is 0 Å². The van der Waals surface area contributed by atoms with Gasteiger partial charge in [0.2, 0.25) is 0 Å². The molecule has 0 nitrogen and oxygen atoms in total. The Hall–Kier alpha value is -0.780. The molecule has 140 valence electrons. The molecule has 1 unspecified atom stereocenters. The Morgan fingerprint density at radius 2 is 1.08 bits per heavy atom. The van der Waals surface area contributed by atoms with Gasteiger partial charge in [-0.3, -0.25) is 0 Å². The second-order valence-corrected chi connectivity index (χ2v) is 10.9. The zero-order valence-corrected chi connectivity index (χ0v) is 17.6. The van der Waals surface area contributed by atoms with Crippen LogP contribution in [0.5, 0.6) is 0 Å². The largest absolute Gasteiger partial charge is 0.0776 e. The van der Waals surface area contributed by atoms with E-state index in [1.165, 1.54) is 23.1 Å². The average molecular weight is 333 g/mol. The predicted octanol–water partition coefficient (Wildman–Crippen LogP) is 8.09. The van der Waals surface area contributed by atoms with E-state index < -0.39 is 0 Å². The summed E-state index contributed by atoms with van der Waals surface area (Å²) in [6.07, 6.45) is 1.25. The van der Waals surface area contributed by atoms with Crippen molar-refractivity contribution in [2.24, 2.45) is 11.3 Å². The highest BCUT2D eigenvalue weighted by atomic mass is 14.3. The van der Waals surface area contributed by atoms with Crippen LogP contribution in [0.25, 0.3) is 0 Å². The van der Waals surface area contributed by atoms with E-state index in [0.29, 0.717) is 5.92 Å². The smallest absolute Gasteiger partial charge is 0.0111 e. The third-order valence-electron chi connectivity index (χ3n) is 4.84. The molecule has 0 saturated heterocycles. The first-order valence-corrected chi connectivity index (χ1v) is 9.28. The monoisotopic (exact) mass is 332 g/mol. The summed E-state index contributed by atoms with van der Waals surface area (Å²) in [6, 6.07) is 7.39. The van der Waals surface area contributed by atoms with Crippen molar-refractivity contribution < 1.29 is 0 Å². The molecule has 0 fully saturated rings. The van der Waals surface area contributed by atoms with Crippen LogP contribution in [-0.4, -0.2) is 0 Å². The standard InChI is InChI=1S/C23H40.CH4/c1-16(2)12-20(23(9,10)11)17-13-18(21(3,4)5)15-19(14-17)22(6,7)8;/h13-16,20H,12H2,1-11H3;1H4. The molecule has 1 aromatic carbocycles. The lowest BCUT2D eigenvalue weighted by atomic mass is 9.70. The number of hydrogen-bond acceptors (Lipinski definition) is 0. The molecule has 1 atom stereocenters. The lowest BCUT2D eigenvalue weighted by Gasteiger charge is -2.35. The van der Waals surface area contributed by atoms with Crippen LogP contribution in [0.2, 0.25) is 0 Å². The van der Waals surface area contributed by atoms with Gasteiger partial charge < -0.3 is 0 Å². The molecule has 0 aliphatic heterocycles. The molecule has 0 aromatic heterocycles. The van der Waals surface area contributed by atoms with Crippen molar-refractivity contribution >= 4 is 0 Å². The minimum absolute atomic E-state index is 0. The predicted molar refractivity (Wildman–Crippen MR) is 112 cm³/mol. The minimum atomic E-state index is 0. The minimum Gasteiger partial charge on any atom is -0.0776 e. The second-order valence-electron chi connectivity index (χ2n) is 10.9. The van der Waals surface area contributed by atoms with Gasteiger partial charge in [0.15, 0.2) is 0 Å². The summed E-state index contributed by atoms with van der Waals surface area (Å²) < 4.78 is 0. The Labute approximate surface area is 153 Å². The van der Waals surface area contributed by atoms with Crippen molar-refractivity contribution in [3.63, 3.8) is 0 Å². The van der Waals surface area contributed by atoms with Crippen molar-refractivity contribution in [1.29, 1.82) is 0 Å². The lowest BCUT2D eigenvalue weighted by Crippen LogP contribution is -2.23. The highest BCUT2D eigenvalue weighted by molar-refractivity contribution is 5.39. The first-order chi connectivity index (χ1) is 10.1. The number of hydrogen-bond donors (Lipinski definition) is 0. The summed E-state index contributed by atoms with van der Waals surface area (Å²) in [5.74, 6) is 1.32. The molecule has 0 saturated carbocycles. The zero-order valence-electron chi connectivity index (χ0n) is 17.6. The Kier molecular flexibility index (Phi) is 7.38. The maximum atomic E-state index is 2.48. The average Bonchev–Trinajstić information content (AvgIpc) is 2.31. The lowest BCUT2D eigenvalue weighted by molar-refractivity contribution is 0.279. The molecular weight excluding hydrogens is 288 g/mol. The van der Waals surface area contributed by atoms with Gasteiger partial charge in [0.1, 0.15) is 0 Å². The molecule has 1 rings (SSSR count). The summed E-state index contributed by atoms with van der Waals surface area (Å²) in [6.45, 7) is 25.8. The van der Waals surface area contributed by atoms with Crippen LogP contribution in [0.15, 0.2) is 18.2 Å². The van der Waals surface area contributed by atoms with Crippen molar-refractivity contribution in [2.75, 3.05) is 0 Å². The molecule has 24 heavy (non-hydrogen) atoms. The summed E-state index contributed by atoms with van der Waals surface area (Å²) in [5, 5.41) is 0. The van der Waals surface area contributed by atoms with Gasteiger partial charge in [-0.25, -0.2) is 0 Å². The molecule has 0 amide bonds. The Balaban J connectivity index is 0.00000529. The van der Waals surface area contributed by atoms with Crippen LogP contribution in [0, 0.1) is 11.3 Å². The van der Waals surface area contributed by atoms with E-state index in [9.17, 15) is 0 Å². The molecule has 1 aromatic rings. The van der Waals surface area contributed by atoms with E-state index in [0.717, 1.165) is 5.92 Å². The van der Waals surface area contributed by atoms with Crippen LogP contribution in [0.3, 0.4) is 0 Å². The van der Waals surface area contributed by atoms with Gasteiger partial charge in [0.25, 0.3) is 0 Å². The fourth-order valence-corrected chi connectivity index (χ4v) is 3.18. The van der Waals surface area contributed by atoms with E-state index in [1.807, 2.05) is 0 Å². The summed E-state index contributed by atoms with van der Waals surface area (Å²) in [5.41, 5.74) is 5.14. The van der Waals surface area contributed by atoms with Gasteiger partial charge in [-0.2, -0.15) is 0 Å². The summed E-state index contributed by atoms with van der Waals surface area (Å²) in [4.78, 5) is 0. The quantitative estimate of drug-likeness (QED) is 0.524. The van der Waals surface area contributed by atoms with Gasteiger partial charge in [-0.05, 0) is 51.2 Å². The van der Waals surface area contributed by atoms with Crippen LogP contribution < -0.4 is 0 Å². The fraction of sp³-hybridized carbons (Fsp3) is 0.750. The van der Waals surface area contributed by atoms with Crippen molar-refractivity contribution in [3.05, 3.63) is 34.9 Å². The second kappa shape index (κ2) is 7.63.